The number of hydrogen-bond donors (Lipinski definition) is 2. The maximum Gasteiger partial charge on any atom is 0.243 e. The van der Waals surface area contributed by atoms with Gasteiger partial charge < -0.3 is 5.32 Å². The van der Waals surface area contributed by atoms with Crippen molar-refractivity contribution < 1.29 is 13.2 Å². The molecule has 1 saturated heterocycles. The summed E-state index contributed by atoms with van der Waals surface area (Å²) < 4.78 is 27.3. The Bertz CT molecular complexity index is 788. The summed E-state index contributed by atoms with van der Waals surface area (Å²) in [6.45, 7) is 6.53. The molecule has 0 radical (unpaired) electrons. The number of rotatable bonds is 7. The topological polar surface area (TPSA) is 66.5 Å². The molecule has 0 bridgehead atoms. The van der Waals surface area contributed by atoms with E-state index in [9.17, 15) is 13.2 Å². The summed E-state index contributed by atoms with van der Waals surface area (Å²) in [7, 11) is -3.58. The molecular weight excluding hydrogens is 368 g/mol. The van der Waals surface area contributed by atoms with E-state index in [2.05, 4.69) is 24.5 Å². The molecule has 1 N–H and O–H groups in total. The van der Waals surface area contributed by atoms with E-state index in [0.717, 1.165) is 10.5 Å². The van der Waals surface area contributed by atoms with E-state index in [1.807, 2.05) is 6.07 Å². The zero-order valence-electron chi connectivity index (χ0n) is 15.0. The number of aryl methyl sites for hydroxylation is 1. The number of allylic oxidation sites excluding steroid dienone is 2. The van der Waals surface area contributed by atoms with E-state index in [1.165, 1.54) is 4.31 Å². The molecule has 142 valence electrons. The lowest BCUT2D eigenvalue weighted by molar-refractivity contribution is -0.126. The van der Waals surface area contributed by atoms with Gasteiger partial charge in [-0.25, -0.2) is 8.42 Å². The molecule has 1 aromatic rings. The van der Waals surface area contributed by atoms with Crippen LogP contribution in [0.15, 0.2) is 52.8 Å². The van der Waals surface area contributed by atoms with Crippen LogP contribution in [0.4, 0.5) is 0 Å². The Hall–Kier alpha value is -1.57. The van der Waals surface area contributed by atoms with Gasteiger partial charge in [0.05, 0.1) is 10.8 Å². The number of hydrogen-bond acceptors (Lipinski definition) is 4. The Balaban J connectivity index is 2.00. The zero-order chi connectivity index (χ0) is 19.2. The first-order valence-corrected chi connectivity index (χ1v) is 10.6. The van der Waals surface area contributed by atoms with Crippen LogP contribution in [0, 0.1) is 12.8 Å². The van der Waals surface area contributed by atoms with Gasteiger partial charge in [0.1, 0.15) is 0 Å². The maximum atomic E-state index is 12.9. The number of nitrogens with one attached hydrogen (secondary N) is 1. The first-order valence-electron chi connectivity index (χ1n) is 8.70. The maximum absolute atomic E-state index is 12.9. The highest BCUT2D eigenvalue weighted by Gasteiger charge is 2.33. The summed E-state index contributed by atoms with van der Waals surface area (Å²) in [5.41, 5.74) is 0.717. The number of sulfonamides is 1. The monoisotopic (exact) mass is 394 g/mol. The molecule has 5 nitrogen and oxygen atoms in total. The number of carbonyl (C=O) groups is 1. The number of amides is 1. The summed E-state index contributed by atoms with van der Waals surface area (Å²) in [5.74, 6) is -0.427. The van der Waals surface area contributed by atoms with Gasteiger partial charge in [0.25, 0.3) is 0 Å². The number of thiol groups is 1. The lowest BCUT2D eigenvalue weighted by atomic mass is 9.99. The fourth-order valence-electron chi connectivity index (χ4n) is 3.04. The quantitative estimate of drug-likeness (QED) is 0.552. The smallest absolute Gasteiger partial charge is 0.243 e. The highest BCUT2D eigenvalue weighted by atomic mass is 32.2. The summed E-state index contributed by atoms with van der Waals surface area (Å²) >= 11 is 4.29. The van der Waals surface area contributed by atoms with E-state index in [-0.39, 0.29) is 18.4 Å². The van der Waals surface area contributed by atoms with E-state index in [1.54, 1.807) is 37.3 Å². The van der Waals surface area contributed by atoms with E-state index in [4.69, 9.17) is 0 Å². The second-order valence-electron chi connectivity index (χ2n) is 6.40. The molecule has 1 aromatic carbocycles. The van der Waals surface area contributed by atoms with Crippen molar-refractivity contribution in [3.05, 3.63) is 53.5 Å². The van der Waals surface area contributed by atoms with E-state index >= 15 is 0 Å². The summed E-state index contributed by atoms with van der Waals surface area (Å²) in [6.07, 6.45) is 5.43. The van der Waals surface area contributed by atoms with Gasteiger partial charge in [0.15, 0.2) is 0 Å². The van der Waals surface area contributed by atoms with Crippen molar-refractivity contribution in [2.24, 2.45) is 5.92 Å². The van der Waals surface area contributed by atoms with E-state index in [0.29, 0.717) is 37.2 Å². The minimum absolute atomic E-state index is 0.102. The molecule has 2 rings (SSSR count). The summed E-state index contributed by atoms with van der Waals surface area (Å²) in [5, 5.41) is 2.88. The van der Waals surface area contributed by atoms with Crippen LogP contribution in [-0.4, -0.2) is 38.3 Å². The van der Waals surface area contributed by atoms with Crippen LogP contribution in [0.1, 0.15) is 24.8 Å². The predicted molar refractivity (Wildman–Crippen MR) is 108 cm³/mol. The van der Waals surface area contributed by atoms with Crippen molar-refractivity contribution in [2.75, 3.05) is 19.6 Å². The van der Waals surface area contributed by atoms with Gasteiger partial charge in [-0.15, -0.1) is 12.6 Å². The van der Waals surface area contributed by atoms with Crippen molar-refractivity contribution in [1.82, 2.24) is 9.62 Å². The molecule has 1 amide bonds. The lowest BCUT2D eigenvalue weighted by Gasteiger charge is -2.31. The van der Waals surface area contributed by atoms with Crippen LogP contribution in [0.2, 0.25) is 0 Å². The molecule has 1 aliphatic rings. The highest BCUT2D eigenvalue weighted by Crippen LogP contribution is 2.25. The van der Waals surface area contributed by atoms with Crippen molar-refractivity contribution in [2.45, 2.75) is 31.1 Å². The zero-order valence-corrected chi connectivity index (χ0v) is 16.7. The molecule has 1 fully saturated rings. The van der Waals surface area contributed by atoms with Gasteiger partial charge in [0.2, 0.25) is 15.9 Å². The fourth-order valence-corrected chi connectivity index (χ4v) is 5.00. The van der Waals surface area contributed by atoms with Crippen LogP contribution >= 0.6 is 12.6 Å². The number of piperidine rings is 1. The van der Waals surface area contributed by atoms with Gasteiger partial charge in [-0.05, 0) is 42.7 Å². The van der Waals surface area contributed by atoms with Gasteiger partial charge in [-0.2, -0.15) is 4.31 Å². The molecule has 7 heteroatoms. The second kappa shape index (κ2) is 9.39. The predicted octanol–water partition coefficient (Wildman–Crippen LogP) is 2.90. The Morgan fingerprint density at radius 2 is 2.15 bits per heavy atom. The number of benzene rings is 1. The SMILES string of the molecule is C=C/C=C(\S)CCNC(=O)C1CCCN(S(=O)(=O)c2ccccc2C)C1. The van der Waals surface area contributed by atoms with Crippen LogP contribution in [0.3, 0.4) is 0 Å². The largest absolute Gasteiger partial charge is 0.355 e. The third kappa shape index (κ3) is 5.22. The molecule has 1 aliphatic heterocycles. The van der Waals surface area contributed by atoms with Crippen molar-refractivity contribution in [3.63, 3.8) is 0 Å². The Kier molecular flexibility index (Phi) is 7.49. The molecule has 1 atom stereocenters. The number of carbonyl (C=O) groups excluding carboxylic acids is 1. The molecule has 0 spiro atoms. The molecule has 0 saturated carbocycles. The normalized spacial score (nSPS) is 19.2. The second-order valence-corrected chi connectivity index (χ2v) is 8.88. The van der Waals surface area contributed by atoms with Gasteiger partial charge in [-0.1, -0.05) is 36.9 Å². The Morgan fingerprint density at radius 1 is 1.42 bits per heavy atom. The molecule has 0 aliphatic carbocycles. The molecular formula is C19H26N2O3S2. The van der Waals surface area contributed by atoms with E-state index < -0.39 is 10.0 Å². The van der Waals surface area contributed by atoms with Crippen LogP contribution in [0.5, 0.6) is 0 Å². The van der Waals surface area contributed by atoms with Crippen molar-refractivity contribution in [3.8, 4) is 0 Å². The van der Waals surface area contributed by atoms with Crippen molar-refractivity contribution in [1.29, 1.82) is 0 Å². The standard InChI is InChI=1S/C19H26N2O3S2/c1-3-7-17(25)11-12-20-19(22)16-9-6-13-21(14-16)26(23,24)18-10-5-4-8-15(18)2/h3-5,7-8,10,16,25H,1,6,9,11-14H2,2H3,(H,20,22)/b17-7-. The fraction of sp³-hybridized carbons (Fsp3) is 0.421. The van der Waals surface area contributed by atoms with Crippen LogP contribution < -0.4 is 5.32 Å². The average molecular weight is 395 g/mol. The Morgan fingerprint density at radius 3 is 2.85 bits per heavy atom. The van der Waals surface area contributed by atoms with Crippen LogP contribution in [-0.2, 0) is 14.8 Å². The first-order chi connectivity index (χ1) is 12.4. The third-order valence-electron chi connectivity index (χ3n) is 4.46. The average Bonchev–Trinajstić information content (AvgIpc) is 2.62. The molecule has 0 aromatic heterocycles. The molecule has 1 unspecified atom stereocenters. The van der Waals surface area contributed by atoms with Crippen molar-refractivity contribution >= 4 is 28.6 Å². The van der Waals surface area contributed by atoms with Gasteiger partial charge >= 0.3 is 0 Å². The molecule has 26 heavy (non-hydrogen) atoms. The van der Waals surface area contributed by atoms with Gasteiger partial charge in [0, 0.05) is 19.6 Å². The van der Waals surface area contributed by atoms with Gasteiger partial charge in [-0.3, -0.25) is 4.79 Å². The number of nitrogens with zero attached hydrogens (tertiary/aromatic N) is 1. The van der Waals surface area contributed by atoms with Crippen LogP contribution in [0.25, 0.3) is 0 Å². The first kappa shape index (κ1) is 20.7. The summed E-state index contributed by atoms with van der Waals surface area (Å²) in [6, 6.07) is 6.94. The highest BCUT2D eigenvalue weighted by molar-refractivity contribution is 7.89. The minimum Gasteiger partial charge on any atom is -0.355 e. The Labute approximate surface area is 161 Å². The minimum atomic E-state index is -3.58. The third-order valence-corrected chi connectivity index (χ3v) is 6.85. The molecule has 1 heterocycles. The summed E-state index contributed by atoms with van der Waals surface area (Å²) in [4.78, 5) is 13.6. The lowest BCUT2D eigenvalue weighted by Crippen LogP contribution is -2.45.